The molecule has 1 aliphatic rings. The van der Waals surface area contributed by atoms with Crippen molar-refractivity contribution < 1.29 is 9.47 Å². The summed E-state index contributed by atoms with van der Waals surface area (Å²) in [6.07, 6.45) is 0.541. The number of hydrogen-bond donors (Lipinski definition) is 1. The molecule has 0 saturated heterocycles. The fraction of sp³-hybridized carbons (Fsp3) is 0.417. The van der Waals surface area contributed by atoms with Gasteiger partial charge in [-0.25, -0.2) is 0 Å². The maximum atomic E-state index is 8.69. The van der Waals surface area contributed by atoms with Gasteiger partial charge in [-0.1, -0.05) is 0 Å². The molecular formula is C12H14N2O2. The van der Waals surface area contributed by atoms with Gasteiger partial charge in [0.25, 0.3) is 0 Å². The van der Waals surface area contributed by atoms with Gasteiger partial charge in [-0.2, -0.15) is 5.26 Å². The zero-order chi connectivity index (χ0) is 11.5. The highest BCUT2D eigenvalue weighted by atomic mass is 16.6. The number of benzene rings is 1. The van der Waals surface area contributed by atoms with Crippen molar-refractivity contribution in [2.24, 2.45) is 5.73 Å². The lowest BCUT2D eigenvalue weighted by molar-refractivity contribution is 0.171. The Labute approximate surface area is 94.6 Å². The van der Waals surface area contributed by atoms with Gasteiger partial charge in [0.1, 0.15) is 13.2 Å². The third kappa shape index (κ3) is 2.10. The van der Waals surface area contributed by atoms with Crippen molar-refractivity contribution in [2.45, 2.75) is 19.4 Å². The molecule has 1 heterocycles. The standard InChI is InChI=1S/C12H14N2O2/c1-8-4-11-12(16-3-2-15-11)6-9(8)5-10(14)7-13/h4,6,10H,2-3,5,14H2,1H3. The third-order valence-corrected chi connectivity index (χ3v) is 2.61. The lowest BCUT2D eigenvalue weighted by Crippen LogP contribution is -2.21. The van der Waals surface area contributed by atoms with Crippen molar-refractivity contribution in [3.8, 4) is 17.6 Å². The summed E-state index contributed by atoms with van der Waals surface area (Å²) < 4.78 is 11.0. The first-order chi connectivity index (χ1) is 7.70. The molecule has 4 nitrogen and oxygen atoms in total. The second-order valence-corrected chi connectivity index (χ2v) is 3.86. The largest absolute Gasteiger partial charge is 0.486 e. The van der Waals surface area contributed by atoms with E-state index in [9.17, 15) is 0 Å². The normalized spacial score (nSPS) is 15.3. The molecule has 16 heavy (non-hydrogen) atoms. The van der Waals surface area contributed by atoms with Gasteiger partial charge in [0, 0.05) is 6.42 Å². The first-order valence-corrected chi connectivity index (χ1v) is 5.25. The second-order valence-electron chi connectivity index (χ2n) is 3.86. The second kappa shape index (κ2) is 4.42. The van der Waals surface area contributed by atoms with Crippen molar-refractivity contribution >= 4 is 0 Å². The van der Waals surface area contributed by atoms with Gasteiger partial charge in [0.15, 0.2) is 11.5 Å². The van der Waals surface area contributed by atoms with E-state index in [1.54, 1.807) is 0 Å². The summed E-state index contributed by atoms with van der Waals surface area (Å²) in [6.45, 7) is 3.14. The highest BCUT2D eigenvalue weighted by Gasteiger charge is 2.15. The summed E-state index contributed by atoms with van der Waals surface area (Å²) in [5, 5.41) is 8.69. The Bertz CT molecular complexity index is 437. The van der Waals surface area contributed by atoms with Gasteiger partial charge >= 0.3 is 0 Å². The number of nitrogens with zero attached hydrogens (tertiary/aromatic N) is 1. The van der Waals surface area contributed by atoms with Crippen LogP contribution in [0.25, 0.3) is 0 Å². The first kappa shape index (κ1) is 10.8. The first-order valence-electron chi connectivity index (χ1n) is 5.25. The molecule has 1 aromatic rings. The van der Waals surface area contributed by atoms with E-state index >= 15 is 0 Å². The van der Waals surface area contributed by atoms with Gasteiger partial charge < -0.3 is 15.2 Å². The molecule has 1 atom stereocenters. The SMILES string of the molecule is Cc1cc2c(cc1CC(N)C#N)OCCO2. The predicted molar refractivity (Wildman–Crippen MR) is 59.5 cm³/mol. The Balaban J connectivity index is 2.29. The van der Waals surface area contributed by atoms with Crippen LogP contribution in [-0.4, -0.2) is 19.3 Å². The van der Waals surface area contributed by atoms with E-state index < -0.39 is 6.04 Å². The number of fused-ring (bicyclic) bond motifs is 1. The van der Waals surface area contributed by atoms with E-state index in [0.717, 1.165) is 22.6 Å². The van der Waals surface area contributed by atoms with Gasteiger partial charge in [-0.3, -0.25) is 0 Å². The summed E-state index contributed by atoms with van der Waals surface area (Å²) in [5.41, 5.74) is 7.74. The van der Waals surface area contributed by atoms with Crippen LogP contribution < -0.4 is 15.2 Å². The topological polar surface area (TPSA) is 68.3 Å². The van der Waals surface area contributed by atoms with E-state index in [-0.39, 0.29) is 0 Å². The van der Waals surface area contributed by atoms with Crippen LogP contribution in [0.4, 0.5) is 0 Å². The summed E-state index contributed by atoms with van der Waals surface area (Å²) in [4.78, 5) is 0. The van der Waals surface area contributed by atoms with Crippen LogP contribution in [0.1, 0.15) is 11.1 Å². The molecule has 4 heteroatoms. The molecule has 0 radical (unpaired) electrons. The van der Waals surface area contributed by atoms with Crippen LogP contribution in [0, 0.1) is 18.3 Å². The molecule has 2 N–H and O–H groups in total. The monoisotopic (exact) mass is 218 g/mol. The molecule has 0 aliphatic carbocycles. The fourth-order valence-corrected chi connectivity index (χ4v) is 1.73. The van der Waals surface area contributed by atoms with Gasteiger partial charge in [-0.15, -0.1) is 0 Å². The minimum Gasteiger partial charge on any atom is -0.486 e. The maximum Gasteiger partial charge on any atom is 0.161 e. The van der Waals surface area contributed by atoms with E-state index in [2.05, 4.69) is 0 Å². The third-order valence-electron chi connectivity index (χ3n) is 2.61. The molecule has 0 amide bonds. The molecular weight excluding hydrogens is 204 g/mol. The Morgan fingerprint density at radius 2 is 2.00 bits per heavy atom. The minimum absolute atomic E-state index is 0.471. The Hall–Kier alpha value is -1.73. The molecule has 1 aliphatic heterocycles. The van der Waals surface area contributed by atoms with Gasteiger partial charge in [-0.05, 0) is 30.2 Å². The number of nitrogens with two attached hydrogens (primary N) is 1. The Kier molecular flexibility index (Phi) is 2.97. The van der Waals surface area contributed by atoms with Crippen molar-refractivity contribution in [1.29, 1.82) is 5.26 Å². The molecule has 0 saturated carbocycles. The van der Waals surface area contributed by atoms with E-state index in [1.807, 2.05) is 25.1 Å². The summed E-state index contributed by atoms with van der Waals surface area (Å²) in [7, 11) is 0. The average Bonchev–Trinajstić information content (AvgIpc) is 2.30. The number of nitriles is 1. The fourth-order valence-electron chi connectivity index (χ4n) is 1.73. The molecule has 1 unspecified atom stereocenters. The number of aryl methyl sites for hydroxylation is 1. The van der Waals surface area contributed by atoms with Crippen LogP contribution in [0.5, 0.6) is 11.5 Å². The van der Waals surface area contributed by atoms with E-state index in [4.69, 9.17) is 20.5 Å². The van der Waals surface area contributed by atoms with Crippen LogP contribution in [0.3, 0.4) is 0 Å². The van der Waals surface area contributed by atoms with Gasteiger partial charge in [0.05, 0.1) is 12.1 Å². The van der Waals surface area contributed by atoms with Gasteiger partial charge in [0.2, 0.25) is 0 Å². The van der Waals surface area contributed by atoms with Crippen molar-refractivity contribution in [3.05, 3.63) is 23.3 Å². The molecule has 1 aromatic carbocycles. The highest BCUT2D eigenvalue weighted by Crippen LogP contribution is 2.33. The highest BCUT2D eigenvalue weighted by molar-refractivity contribution is 5.48. The predicted octanol–water partition coefficient (Wildman–Crippen LogP) is 1.16. The summed E-state index contributed by atoms with van der Waals surface area (Å²) in [5.74, 6) is 1.52. The van der Waals surface area contributed by atoms with Crippen LogP contribution in [0.15, 0.2) is 12.1 Å². The Morgan fingerprint density at radius 3 is 2.62 bits per heavy atom. The zero-order valence-corrected chi connectivity index (χ0v) is 9.19. The average molecular weight is 218 g/mol. The quantitative estimate of drug-likeness (QED) is 0.808. The molecule has 0 aromatic heterocycles. The Morgan fingerprint density at radius 1 is 1.38 bits per heavy atom. The van der Waals surface area contributed by atoms with Crippen molar-refractivity contribution in [2.75, 3.05) is 13.2 Å². The molecule has 0 fully saturated rings. The number of hydrogen-bond acceptors (Lipinski definition) is 4. The van der Waals surface area contributed by atoms with Crippen LogP contribution in [-0.2, 0) is 6.42 Å². The lowest BCUT2D eigenvalue weighted by atomic mass is 10.0. The molecule has 0 bridgehead atoms. The zero-order valence-electron chi connectivity index (χ0n) is 9.19. The van der Waals surface area contributed by atoms with Crippen molar-refractivity contribution in [3.63, 3.8) is 0 Å². The molecule has 0 spiro atoms. The maximum absolute atomic E-state index is 8.69. The molecule has 2 rings (SSSR count). The number of rotatable bonds is 2. The summed E-state index contributed by atoms with van der Waals surface area (Å²) >= 11 is 0. The smallest absolute Gasteiger partial charge is 0.161 e. The van der Waals surface area contributed by atoms with E-state index in [0.29, 0.717) is 19.6 Å². The summed E-state index contributed by atoms with van der Waals surface area (Å²) in [6, 6.07) is 5.41. The van der Waals surface area contributed by atoms with Crippen LogP contribution in [0.2, 0.25) is 0 Å². The minimum atomic E-state index is -0.471. The van der Waals surface area contributed by atoms with E-state index in [1.165, 1.54) is 0 Å². The van der Waals surface area contributed by atoms with Crippen LogP contribution >= 0.6 is 0 Å². The number of ether oxygens (including phenoxy) is 2. The molecule has 84 valence electrons. The van der Waals surface area contributed by atoms with Crippen molar-refractivity contribution in [1.82, 2.24) is 0 Å². The lowest BCUT2D eigenvalue weighted by Gasteiger charge is -2.20.